The van der Waals surface area contributed by atoms with Crippen LogP contribution in [0.15, 0.2) is 48.5 Å². The summed E-state index contributed by atoms with van der Waals surface area (Å²) in [6.45, 7) is 7.81. The molecule has 2 aromatic carbocycles. The van der Waals surface area contributed by atoms with E-state index in [9.17, 15) is 5.11 Å². The summed E-state index contributed by atoms with van der Waals surface area (Å²) in [5, 5.41) is 10.3. The van der Waals surface area contributed by atoms with Crippen LogP contribution in [0.4, 0.5) is 5.69 Å². The van der Waals surface area contributed by atoms with Gasteiger partial charge in [0.2, 0.25) is 0 Å². The first kappa shape index (κ1) is 28.3. The first-order valence-corrected chi connectivity index (χ1v) is 10.8. The Hall–Kier alpha value is -1.70. The molecular formula is C24H36Cl2N2O4. The highest BCUT2D eigenvalue weighted by Gasteiger charge is 2.19. The minimum Gasteiger partial charge on any atom is -0.497 e. The lowest BCUT2D eigenvalue weighted by atomic mass is 10.2. The molecule has 1 aliphatic heterocycles. The van der Waals surface area contributed by atoms with Crippen molar-refractivity contribution in [3.63, 3.8) is 0 Å². The number of aliphatic hydroxyl groups excluding tert-OH is 1. The largest absolute Gasteiger partial charge is 0.497 e. The van der Waals surface area contributed by atoms with Crippen molar-refractivity contribution < 1.29 is 19.3 Å². The summed E-state index contributed by atoms with van der Waals surface area (Å²) in [6.07, 6.45) is 0.541. The Kier molecular flexibility index (Phi) is 13.5. The van der Waals surface area contributed by atoms with Crippen molar-refractivity contribution in [2.45, 2.75) is 19.4 Å². The highest BCUT2D eigenvalue weighted by Crippen LogP contribution is 2.20. The number of benzene rings is 2. The molecule has 0 aliphatic carbocycles. The van der Waals surface area contributed by atoms with Crippen LogP contribution in [0, 0.1) is 0 Å². The number of ether oxygens (including phenoxy) is 3. The van der Waals surface area contributed by atoms with Crippen LogP contribution in [0.25, 0.3) is 0 Å². The first-order chi connectivity index (χ1) is 14.7. The molecule has 8 heteroatoms. The van der Waals surface area contributed by atoms with Crippen LogP contribution < -0.4 is 14.4 Å². The van der Waals surface area contributed by atoms with Gasteiger partial charge in [0, 0.05) is 38.4 Å². The SMILES string of the molecule is CCc1ccc(OCCOCC(O)CN2CCN(c3ccc(OC)cc3)CC2)cc1.Cl.Cl. The third kappa shape index (κ3) is 9.04. The van der Waals surface area contributed by atoms with Crippen LogP contribution >= 0.6 is 24.8 Å². The predicted molar refractivity (Wildman–Crippen MR) is 134 cm³/mol. The van der Waals surface area contributed by atoms with E-state index in [1.807, 2.05) is 24.3 Å². The molecule has 180 valence electrons. The van der Waals surface area contributed by atoms with Crippen LogP contribution in [0.1, 0.15) is 12.5 Å². The van der Waals surface area contributed by atoms with E-state index >= 15 is 0 Å². The molecule has 0 bridgehead atoms. The number of anilines is 1. The number of nitrogens with zero attached hydrogens (tertiary/aromatic N) is 2. The highest BCUT2D eigenvalue weighted by molar-refractivity contribution is 5.85. The lowest BCUT2D eigenvalue weighted by Gasteiger charge is -2.36. The number of β-amino-alcohol motifs (C(OH)–C–C–N with tert-alkyl or cyclic N) is 1. The van der Waals surface area contributed by atoms with Gasteiger partial charge in [-0.3, -0.25) is 4.90 Å². The molecule has 0 aromatic heterocycles. The molecular weight excluding hydrogens is 451 g/mol. The molecule has 1 fully saturated rings. The van der Waals surface area contributed by atoms with Crippen LogP contribution in [0.5, 0.6) is 11.5 Å². The second-order valence-corrected chi connectivity index (χ2v) is 7.56. The van der Waals surface area contributed by atoms with Gasteiger partial charge >= 0.3 is 0 Å². The van der Waals surface area contributed by atoms with Crippen LogP contribution in [0.2, 0.25) is 0 Å². The first-order valence-electron chi connectivity index (χ1n) is 10.8. The van der Waals surface area contributed by atoms with Gasteiger partial charge in [0.25, 0.3) is 0 Å². The van der Waals surface area contributed by atoms with Crippen molar-refractivity contribution >= 4 is 30.5 Å². The van der Waals surface area contributed by atoms with Gasteiger partial charge in [0.15, 0.2) is 0 Å². The Morgan fingerprint density at radius 2 is 1.50 bits per heavy atom. The van der Waals surface area contributed by atoms with Gasteiger partial charge in [0.1, 0.15) is 18.1 Å². The summed E-state index contributed by atoms with van der Waals surface area (Å²) in [5.74, 6) is 1.73. The molecule has 0 amide bonds. The zero-order chi connectivity index (χ0) is 21.2. The normalized spacial score (nSPS) is 14.8. The predicted octanol–water partition coefficient (Wildman–Crippen LogP) is 3.68. The maximum Gasteiger partial charge on any atom is 0.119 e. The Balaban J connectivity index is 0.00000256. The molecule has 3 rings (SSSR count). The fraction of sp³-hybridized carbons (Fsp3) is 0.500. The molecule has 1 N–H and O–H groups in total. The zero-order valence-electron chi connectivity index (χ0n) is 18.9. The van der Waals surface area contributed by atoms with E-state index in [4.69, 9.17) is 14.2 Å². The fourth-order valence-corrected chi connectivity index (χ4v) is 3.59. The average molecular weight is 487 g/mol. The molecule has 0 saturated carbocycles. The van der Waals surface area contributed by atoms with E-state index in [1.54, 1.807) is 7.11 Å². The second-order valence-electron chi connectivity index (χ2n) is 7.56. The van der Waals surface area contributed by atoms with E-state index in [0.717, 1.165) is 44.1 Å². The molecule has 2 aromatic rings. The van der Waals surface area contributed by atoms with Crippen LogP contribution in [-0.4, -0.2) is 75.8 Å². The summed E-state index contributed by atoms with van der Waals surface area (Å²) in [7, 11) is 1.68. The summed E-state index contributed by atoms with van der Waals surface area (Å²) in [4.78, 5) is 4.66. The molecule has 1 aliphatic rings. The number of piperazine rings is 1. The summed E-state index contributed by atoms with van der Waals surface area (Å²) in [5.41, 5.74) is 2.51. The number of rotatable bonds is 11. The average Bonchev–Trinajstić information content (AvgIpc) is 2.80. The molecule has 1 saturated heterocycles. The maximum absolute atomic E-state index is 10.3. The van der Waals surface area contributed by atoms with Crippen LogP contribution in [0.3, 0.4) is 0 Å². The van der Waals surface area contributed by atoms with Gasteiger partial charge in [-0.1, -0.05) is 19.1 Å². The van der Waals surface area contributed by atoms with E-state index in [-0.39, 0.29) is 24.8 Å². The van der Waals surface area contributed by atoms with Gasteiger partial charge in [0.05, 0.1) is 26.4 Å². The molecule has 0 radical (unpaired) electrons. The van der Waals surface area contributed by atoms with E-state index in [1.165, 1.54) is 11.3 Å². The van der Waals surface area contributed by atoms with Crippen molar-refractivity contribution in [2.24, 2.45) is 0 Å². The Morgan fingerprint density at radius 3 is 2.09 bits per heavy atom. The molecule has 1 atom stereocenters. The topological polar surface area (TPSA) is 54.4 Å². The Morgan fingerprint density at radius 1 is 0.875 bits per heavy atom. The number of halogens is 2. The molecule has 1 heterocycles. The van der Waals surface area contributed by atoms with E-state index in [2.05, 4.69) is 41.0 Å². The minimum absolute atomic E-state index is 0. The maximum atomic E-state index is 10.3. The van der Waals surface area contributed by atoms with Gasteiger partial charge < -0.3 is 24.2 Å². The Bertz CT molecular complexity index is 739. The number of aliphatic hydroxyl groups is 1. The highest BCUT2D eigenvalue weighted by atomic mass is 35.5. The minimum atomic E-state index is -0.485. The van der Waals surface area contributed by atoms with E-state index in [0.29, 0.717) is 26.4 Å². The standard InChI is InChI=1S/C24H34N2O4.2ClH/c1-3-20-4-8-24(9-5-20)30-17-16-29-19-22(27)18-25-12-14-26(15-13-25)21-6-10-23(28-2)11-7-21;;/h4-11,22,27H,3,12-19H2,1-2H3;2*1H. The van der Waals surface area contributed by atoms with Gasteiger partial charge in [-0.15, -0.1) is 24.8 Å². The number of hydrogen-bond acceptors (Lipinski definition) is 6. The Labute approximate surface area is 204 Å². The lowest BCUT2D eigenvalue weighted by Crippen LogP contribution is -2.49. The summed E-state index contributed by atoms with van der Waals surface area (Å²) >= 11 is 0. The molecule has 6 nitrogen and oxygen atoms in total. The summed E-state index contributed by atoms with van der Waals surface area (Å²) in [6, 6.07) is 16.3. The molecule has 0 spiro atoms. The smallest absolute Gasteiger partial charge is 0.119 e. The van der Waals surface area contributed by atoms with Crippen molar-refractivity contribution in [2.75, 3.05) is 64.6 Å². The lowest BCUT2D eigenvalue weighted by molar-refractivity contribution is 0.00718. The number of methoxy groups -OCH3 is 1. The zero-order valence-corrected chi connectivity index (χ0v) is 20.6. The third-order valence-corrected chi connectivity index (χ3v) is 5.42. The monoisotopic (exact) mass is 486 g/mol. The van der Waals surface area contributed by atoms with Gasteiger partial charge in [-0.05, 0) is 48.4 Å². The third-order valence-electron chi connectivity index (χ3n) is 5.42. The van der Waals surface area contributed by atoms with E-state index < -0.39 is 6.10 Å². The van der Waals surface area contributed by atoms with Crippen molar-refractivity contribution in [3.05, 3.63) is 54.1 Å². The van der Waals surface area contributed by atoms with Crippen molar-refractivity contribution in [3.8, 4) is 11.5 Å². The molecule has 1 unspecified atom stereocenters. The number of aryl methyl sites for hydroxylation is 1. The van der Waals surface area contributed by atoms with Crippen molar-refractivity contribution in [1.82, 2.24) is 4.90 Å². The molecule has 32 heavy (non-hydrogen) atoms. The van der Waals surface area contributed by atoms with Gasteiger partial charge in [-0.25, -0.2) is 0 Å². The van der Waals surface area contributed by atoms with Crippen LogP contribution in [-0.2, 0) is 11.2 Å². The summed E-state index contributed by atoms with van der Waals surface area (Å²) < 4.78 is 16.5. The van der Waals surface area contributed by atoms with Gasteiger partial charge in [-0.2, -0.15) is 0 Å². The van der Waals surface area contributed by atoms with Crippen molar-refractivity contribution in [1.29, 1.82) is 0 Å². The fourth-order valence-electron chi connectivity index (χ4n) is 3.59. The second kappa shape index (κ2) is 15.2. The number of hydrogen-bond donors (Lipinski definition) is 1. The quantitative estimate of drug-likeness (QED) is 0.488.